The van der Waals surface area contributed by atoms with Gasteiger partial charge in [-0.25, -0.2) is 0 Å². The largest absolute Gasteiger partial charge is 0.487 e. The Hall–Kier alpha value is -2.66. The van der Waals surface area contributed by atoms with Crippen LogP contribution in [0.15, 0.2) is 36.4 Å². The molecule has 1 heterocycles. The topological polar surface area (TPSA) is 107 Å². The van der Waals surface area contributed by atoms with E-state index in [9.17, 15) is 0 Å². The van der Waals surface area contributed by atoms with Gasteiger partial charge in [0.05, 0.1) is 26.4 Å². The van der Waals surface area contributed by atoms with Crippen LogP contribution in [0.5, 0.6) is 23.0 Å². The van der Waals surface area contributed by atoms with E-state index in [1.165, 1.54) is 0 Å². The highest BCUT2D eigenvalue weighted by atomic mass is 32.1. The van der Waals surface area contributed by atoms with E-state index < -0.39 is 0 Å². The maximum absolute atomic E-state index is 5.82. The fourth-order valence-corrected chi connectivity index (χ4v) is 3.09. The number of hydrogen-bond donors (Lipinski definition) is 2. The van der Waals surface area contributed by atoms with Gasteiger partial charge < -0.3 is 39.9 Å². The minimum atomic E-state index is 0.285. The highest BCUT2D eigenvalue weighted by Crippen LogP contribution is 2.29. The van der Waals surface area contributed by atoms with Crippen LogP contribution in [0, 0.1) is 0 Å². The number of nitrogens with two attached hydrogens (primary N) is 2. The highest BCUT2D eigenvalue weighted by Gasteiger charge is 2.11. The molecule has 0 bridgehead atoms. The van der Waals surface area contributed by atoms with Gasteiger partial charge in [-0.05, 0) is 36.4 Å². The SMILES string of the molecule is NC(=S)c1ccc2c(c1)OCCOCCOc1ccc(C(N)=S)cc1OCCOCCO2. The summed E-state index contributed by atoms with van der Waals surface area (Å²) in [5, 5.41) is 0. The Kier molecular flexibility index (Phi) is 9.29. The molecule has 0 amide bonds. The third-order valence-electron chi connectivity index (χ3n) is 4.40. The quantitative estimate of drug-likeness (QED) is 0.624. The second-order valence-electron chi connectivity index (χ2n) is 6.67. The molecule has 0 fully saturated rings. The van der Waals surface area contributed by atoms with Crippen molar-refractivity contribution in [2.75, 3.05) is 52.9 Å². The molecule has 0 atom stereocenters. The number of hydrogen-bond acceptors (Lipinski definition) is 8. The Balaban J connectivity index is 1.64. The third kappa shape index (κ3) is 7.20. The third-order valence-corrected chi connectivity index (χ3v) is 4.87. The Bertz CT molecular complexity index is 865. The molecule has 2 aromatic carbocycles. The molecular weight excluding hydrogens is 452 g/mol. The molecule has 1 aliphatic heterocycles. The molecule has 0 saturated heterocycles. The predicted molar refractivity (Wildman–Crippen MR) is 128 cm³/mol. The zero-order valence-electron chi connectivity index (χ0n) is 17.5. The fourth-order valence-electron chi connectivity index (χ4n) is 2.83. The minimum absolute atomic E-state index is 0.285. The van der Waals surface area contributed by atoms with Crippen LogP contribution < -0.4 is 30.4 Å². The van der Waals surface area contributed by atoms with Crippen molar-refractivity contribution in [3.8, 4) is 23.0 Å². The van der Waals surface area contributed by atoms with Gasteiger partial charge in [0.25, 0.3) is 0 Å². The van der Waals surface area contributed by atoms with Gasteiger partial charge in [0, 0.05) is 11.1 Å². The van der Waals surface area contributed by atoms with Gasteiger partial charge in [-0.2, -0.15) is 0 Å². The van der Waals surface area contributed by atoms with E-state index in [-0.39, 0.29) is 9.98 Å². The maximum atomic E-state index is 5.82. The summed E-state index contributed by atoms with van der Waals surface area (Å²) in [6.45, 7) is 2.81. The summed E-state index contributed by atoms with van der Waals surface area (Å²) in [6, 6.07) is 10.6. The number of thiocarbonyl (C=S) groups is 2. The molecule has 0 unspecified atom stereocenters. The van der Waals surface area contributed by atoms with Crippen molar-refractivity contribution in [1.82, 2.24) is 0 Å². The van der Waals surface area contributed by atoms with Crippen LogP contribution in [0.1, 0.15) is 11.1 Å². The Morgan fingerprint density at radius 3 is 1.22 bits per heavy atom. The van der Waals surface area contributed by atoms with Gasteiger partial charge in [-0.15, -0.1) is 0 Å². The molecule has 1 aliphatic rings. The highest BCUT2D eigenvalue weighted by molar-refractivity contribution is 7.80. The number of ether oxygens (including phenoxy) is 6. The number of benzene rings is 2. The Morgan fingerprint density at radius 1 is 0.531 bits per heavy atom. The summed E-state index contributed by atoms with van der Waals surface area (Å²) < 4.78 is 34.5. The van der Waals surface area contributed by atoms with E-state index in [4.69, 9.17) is 64.3 Å². The van der Waals surface area contributed by atoms with Crippen LogP contribution in [0.2, 0.25) is 0 Å². The molecule has 2 aromatic rings. The molecule has 0 saturated carbocycles. The second kappa shape index (κ2) is 12.4. The van der Waals surface area contributed by atoms with E-state index in [2.05, 4.69) is 0 Å². The molecule has 0 radical (unpaired) electrons. The van der Waals surface area contributed by atoms with Gasteiger partial charge in [-0.1, -0.05) is 24.4 Å². The van der Waals surface area contributed by atoms with Crippen molar-refractivity contribution in [1.29, 1.82) is 0 Å². The average molecular weight is 479 g/mol. The summed E-state index contributed by atoms with van der Waals surface area (Å²) in [7, 11) is 0. The van der Waals surface area contributed by atoms with E-state index in [0.29, 0.717) is 87.0 Å². The first-order valence-electron chi connectivity index (χ1n) is 10.1. The standard InChI is InChI=1S/C22H26N2O6S2/c23-21(31)15-1-3-17-19(13-15)29-11-7-26-6-10-28-18-4-2-16(22(24)32)14-20(18)30-12-8-25-5-9-27-17/h1-4,13-14H,5-12H2,(H2,23,31)(H2,24,32). The lowest BCUT2D eigenvalue weighted by molar-refractivity contribution is 0.0640. The van der Waals surface area contributed by atoms with Crippen molar-refractivity contribution < 1.29 is 28.4 Å². The van der Waals surface area contributed by atoms with E-state index >= 15 is 0 Å². The van der Waals surface area contributed by atoms with Crippen LogP contribution in [0.25, 0.3) is 0 Å². The van der Waals surface area contributed by atoms with Crippen molar-refractivity contribution >= 4 is 34.4 Å². The van der Waals surface area contributed by atoms with Crippen molar-refractivity contribution in [3.63, 3.8) is 0 Å². The summed E-state index contributed by atoms with van der Waals surface area (Å²) in [4.78, 5) is 0.571. The first-order valence-corrected chi connectivity index (χ1v) is 10.9. The van der Waals surface area contributed by atoms with Gasteiger partial charge in [0.1, 0.15) is 36.4 Å². The number of fused-ring (bicyclic) bond motifs is 2. The monoisotopic (exact) mass is 478 g/mol. The van der Waals surface area contributed by atoms with E-state index in [0.717, 1.165) is 0 Å². The van der Waals surface area contributed by atoms with Gasteiger partial charge >= 0.3 is 0 Å². The summed E-state index contributed by atoms with van der Waals surface area (Å²) in [5.74, 6) is 2.24. The molecule has 0 aromatic heterocycles. The molecule has 0 aliphatic carbocycles. The average Bonchev–Trinajstić information content (AvgIpc) is 2.78. The maximum Gasteiger partial charge on any atom is 0.161 e. The first kappa shape index (κ1) is 24.0. The second-order valence-corrected chi connectivity index (χ2v) is 7.55. The normalized spacial score (nSPS) is 15.8. The molecule has 8 nitrogen and oxygen atoms in total. The molecule has 32 heavy (non-hydrogen) atoms. The van der Waals surface area contributed by atoms with Crippen molar-refractivity contribution in [2.45, 2.75) is 0 Å². The molecule has 4 N–H and O–H groups in total. The van der Waals surface area contributed by atoms with Gasteiger partial charge in [0.2, 0.25) is 0 Å². The smallest absolute Gasteiger partial charge is 0.161 e. The van der Waals surface area contributed by atoms with Crippen molar-refractivity contribution in [3.05, 3.63) is 47.5 Å². The summed E-state index contributed by atoms with van der Waals surface area (Å²) >= 11 is 10.1. The lowest BCUT2D eigenvalue weighted by Crippen LogP contribution is -2.16. The van der Waals surface area contributed by atoms with Crippen molar-refractivity contribution in [2.24, 2.45) is 11.5 Å². The van der Waals surface area contributed by atoms with Crippen LogP contribution in [-0.4, -0.2) is 62.8 Å². The lowest BCUT2D eigenvalue weighted by Gasteiger charge is -2.16. The van der Waals surface area contributed by atoms with Crippen LogP contribution in [-0.2, 0) is 9.47 Å². The lowest BCUT2D eigenvalue weighted by atomic mass is 10.2. The molecule has 0 spiro atoms. The summed E-state index contributed by atoms with van der Waals surface area (Å²) in [6.07, 6.45) is 0. The van der Waals surface area contributed by atoms with E-state index in [1.807, 2.05) is 0 Å². The fraction of sp³-hybridized carbons (Fsp3) is 0.364. The van der Waals surface area contributed by atoms with Crippen LogP contribution >= 0.6 is 24.4 Å². The first-order chi connectivity index (χ1) is 15.5. The van der Waals surface area contributed by atoms with Gasteiger partial charge in [-0.3, -0.25) is 0 Å². The summed E-state index contributed by atoms with van der Waals surface area (Å²) in [5.41, 5.74) is 12.8. The minimum Gasteiger partial charge on any atom is -0.487 e. The van der Waals surface area contributed by atoms with E-state index in [1.54, 1.807) is 36.4 Å². The van der Waals surface area contributed by atoms with Crippen LogP contribution in [0.4, 0.5) is 0 Å². The molecule has 172 valence electrons. The van der Waals surface area contributed by atoms with Gasteiger partial charge in [0.15, 0.2) is 23.0 Å². The van der Waals surface area contributed by atoms with Crippen LogP contribution in [0.3, 0.4) is 0 Å². The number of rotatable bonds is 2. The molecule has 10 heteroatoms. The Labute approximate surface area is 197 Å². The molecular formula is C22H26N2O6S2. The Morgan fingerprint density at radius 2 is 0.875 bits per heavy atom. The molecule has 3 rings (SSSR count). The zero-order valence-corrected chi connectivity index (χ0v) is 19.2. The predicted octanol–water partition coefficient (Wildman–Crippen LogP) is 2.22. The zero-order chi connectivity index (χ0) is 22.8.